The minimum absolute atomic E-state index is 0.137. The zero-order valence-corrected chi connectivity index (χ0v) is 75.9. The predicted molar refractivity (Wildman–Crippen MR) is 492 cm³/mol. The number of imide groups is 2. The average molecular weight is 1640 g/mol. The Morgan fingerprint density at radius 1 is 0.307 bits per heavy atom. The van der Waals surface area contributed by atoms with E-state index in [4.69, 9.17) is 0 Å². The summed E-state index contributed by atoms with van der Waals surface area (Å²) in [5.74, 6) is 1.73. The smallest absolute Gasteiger partial charge is 0.263 e. The molecule has 114 heavy (non-hydrogen) atoms. The zero-order chi connectivity index (χ0) is 80.3. The Morgan fingerprint density at radius 3 is 0.947 bits per heavy atom. The number of rotatable bonds is 42. The van der Waals surface area contributed by atoms with Crippen molar-refractivity contribution in [3.8, 4) is 39.0 Å². The van der Waals surface area contributed by atoms with Crippen LogP contribution in [0.25, 0.3) is 48.4 Å². The predicted octanol–water partition coefficient (Wildman–Crippen LogP) is 30.5. The average Bonchev–Trinajstić information content (AvgIpc) is 1.48. The van der Waals surface area contributed by atoms with Gasteiger partial charge in [0.2, 0.25) is 0 Å². The van der Waals surface area contributed by atoms with Crippen LogP contribution in [0.2, 0.25) is 0 Å². The van der Waals surface area contributed by atoms with E-state index in [2.05, 4.69) is 199 Å². The first kappa shape index (κ1) is 84.1. The van der Waals surface area contributed by atoms with Crippen molar-refractivity contribution in [3.63, 3.8) is 0 Å². The Balaban J connectivity index is 1.04. The third-order valence-corrected chi connectivity index (χ3v) is 34.8. The van der Waals surface area contributed by atoms with E-state index in [0.29, 0.717) is 68.8 Å². The van der Waals surface area contributed by atoms with Gasteiger partial charge in [-0.2, -0.15) is 0 Å². The van der Waals surface area contributed by atoms with Gasteiger partial charge in [-0.15, -0.1) is 68.0 Å². The Hall–Kier alpha value is -6.38. The highest BCUT2D eigenvalue weighted by Gasteiger charge is 2.56. The Kier molecular flexibility index (Phi) is 27.2. The molecule has 0 saturated carbocycles. The van der Waals surface area contributed by atoms with Crippen LogP contribution in [-0.4, -0.2) is 46.5 Å². The Morgan fingerprint density at radius 2 is 0.605 bits per heavy atom. The van der Waals surface area contributed by atoms with Crippen molar-refractivity contribution >= 4 is 101 Å². The summed E-state index contributed by atoms with van der Waals surface area (Å²) in [5.41, 5.74) is 16.3. The minimum Gasteiger partial charge on any atom is -0.274 e. The molecule has 2 aliphatic carbocycles. The minimum atomic E-state index is -0.828. The summed E-state index contributed by atoms with van der Waals surface area (Å²) >= 11 is 10.7. The van der Waals surface area contributed by atoms with Gasteiger partial charge in [0.15, 0.2) is 0 Å². The molecule has 6 atom stereocenters. The molecule has 14 rings (SSSR count). The van der Waals surface area contributed by atoms with Gasteiger partial charge in [0.1, 0.15) is 0 Å². The van der Waals surface area contributed by atoms with Crippen LogP contribution >= 0.6 is 68.0 Å². The molecular weight excluding hydrogens is 1510 g/mol. The molecule has 604 valence electrons. The number of hydrogen-bond donors (Lipinski definition) is 0. The fourth-order valence-electron chi connectivity index (χ4n) is 20.1. The molecule has 0 saturated heterocycles. The first-order valence-corrected chi connectivity index (χ1v) is 49.6. The van der Waals surface area contributed by atoms with Gasteiger partial charge >= 0.3 is 0 Å². The summed E-state index contributed by atoms with van der Waals surface area (Å²) in [6, 6.07) is 44.9. The maximum Gasteiger partial charge on any atom is 0.263 e. The second kappa shape index (κ2) is 36.9. The largest absolute Gasteiger partial charge is 0.274 e. The third kappa shape index (κ3) is 15.4. The van der Waals surface area contributed by atoms with E-state index in [1.807, 2.05) is 40.9 Å². The fraction of sp³-hybridized carbons (Fsp3) is 0.510. The maximum absolute atomic E-state index is 16.1. The van der Waals surface area contributed by atoms with E-state index in [9.17, 15) is 4.79 Å². The van der Waals surface area contributed by atoms with Crippen LogP contribution in [0.1, 0.15) is 355 Å². The zero-order valence-electron chi connectivity index (χ0n) is 71.0. The van der Waals surface area contributed by atoms with Crippen LogP contribution in [0.15, 0.2) is 109 Å². The SMILES string of the molecule is CCCCC(CC)Cc1ccc(C2(c3ccc(CC(CC)CCCC)cc3)c3cc(C)sc3-c3sc4c5c(sc4c32)-c2sc(-c3sc(-c4sc(C)c6c4C(=O)N(CC(CC)CCCC)C6=O)c4c3C(=O)N(CC(CC)CCCC)C4=O)cc2C5(c2ccc(CC(CC)CCCC)cc2)c2ccc(CC(CC)CCCC)cc2)cc1. The molecule has 10 aromatic rings. The number of unbranched alkanes of at least 4 members (excludes halogenated alkanes) is 6. The van der Waals surface area contributed by atoms with Crippen LogP contribution in [0.5, 0.6) is 0 Å². The highest BCUT2D eigenvalue weighted by Crippen LogP contribution is 2.71. The first-order valence-electron chi connectivity index (χ1n) is 44.7. The van der Waals surface area contributed by atoms with Crippen LogP contribution in [0.3, 0.4) is 0 Å². The topological polar surface area (TPSA) is 74.8 Å². The number of thiophene rings is 6. The number of carbonyl (C=O) groups is 4. The van der Waals surface area contributed by atoms with Crippen molar-refractivity contribution in [3.05, 3.63) is 208 Å². The maximum atomic E-state index is 16.1. The number of hydrogen-bond acceptors (Lipinski definition) is 10. The summed E-state index contributed by atoms with van der Waals surface area (Å²) in [4.78, 5) is 75.7. The molecule has 4 amide bonds. The quantitative estimate of drug-likeness (QED) is 0.0357. The number of fused-ring (bicyclic) bond motifs is 11. The monoisotopic (exact) mass is 1630 g/mol. The van der Waals surface area contributed by atoms with Crippen LogP contribution in [0, 0.1) is 49.4 Å². The second-order valence-corrected chi connectivity index (χ2v) is 41.1. The summed E-state index contributed by atoms with van der Waals surface area (Å²) in [6.07, 6.45) is 31.3. The van der Waals surface area contributed by atoms with Gasteiger partial charge in [-0.25, -0.2) is 0 Å². The lowest BCUT2D eigenvalue weighted by atomic mass is 9.67. The second-order valence-electron chi connectivity index (χ2n) is 34.5. The number of amides is 4. The van der Waals surface area contributed by atoms with Gasteiger partial charge in [-0.05, 0) is 156 Å². The first-order chi connectivity index (χ1) is 55.5. The molecule has 12 heteroatoms. The highest BCUT2D eigenvalue weighted by molar-refractivity contribution is 7.35. The summed E-state index contributed by atoms with van der Waals surface area (Å²) in [6.45, 7) is 32.5. The molecule has 6 nitrogen and oxygen atoms in total. The molecule has 4 aliphatic rings. The molecule has 0 N–H and O–H groups in total. The molecular formula is C102H126N2O4S6. The van der Waals surface area contributed by atoms with E-state index in [1.165, 1.54) is 218 Å². The van der Waals surface area contributed by atoms with Crippen molar-refractivity contribution in [2.45, 2.75) is 288 Å². The van der Waals surface area contributed by atoms with Gasteiger partial charge in [-0.3, -0.25) is 29.0 Å². The third-order valence-electron chi connectivity index (χ3n) is 27.1. The number of aryl methyl sites for hydroxylation is 2. The van der Waals surface area contributed by atoms with E-state index in [-0.39, 0.29) is 35.5 Å². The van der Waals surface area contributed by atoms with Gasteiger partial charge in [0, 0.05) is 43.7 Å². The lowest BCUT2D eigenvalue weighted by Crippen LogP contribution is -2.35. The number of nitrogens with zero attached hydrogens (tertiary/aromatic N) is 2. The molecule has 0 radical (unpaired) electrons. The molecule has 4 aromatic carbocycles. The van der Waals surface area contributed by atoms with Gasteiger partial charge in [0.25, 0.3) is 23.6 Å². The fourth-order valence-corrected chi connectivity index (χ4v) is 28.4. The van der Waals surface area contributed by atoms with Crippen molar-refractivity contribution < 1.29 is 19.2 Å². The molecule has 6 unspecified atom stereocenters. The Bertz CT molecular complexity index is 4900. The molecule has 6 aromatic heterocycles. The van der Waals surface area contributed by atoms with Crippen molar-refractivity contribution in [2.75, 3.05) is 13.1 Å². The summed E-state index contributed by atoms with van der Waals surface area (Å²) in [7, 11) is 0. The van der Waals surface area contributed by atoms with E-state index in [0.717, 1.165) is 105 Å². The van der Waals surface area contributed by atoms with Gasteiger partial charge < -0.3 is 0 Å². The van der Waals surface area contributed by atoms with Crippen LogP contribution in [0.4, 0.5) is 0 Å². The van der Waals surface area contributed by atoms with E-state index < -0.39 is 10.8 Å². The van der Waals surface area contributed by atoms with Gasteiger partial charge in [-0.1, -0.05) is 321 Å². The summed E-state index contributed by atoms with van der Waals surface area (Å²) < 4.78 is 2.70. The van der Waals surface area contributed by atoms with Crippen LogP contribution in [-0.2, 0) is 36.5 Å². The van der Waals surface area contributed by atoms with E-state index in [1.54, 1.807) is 16.2 Å². The lowest BCUT2D eigenvalue weighted by molar-refractivity contribution is 0.0608. The van der Waals surface area contributed by atoms with Crippen molar-refractivity contribution in [1.29, 1.82) is 0 Å². The van der Waals surface area contributed by atoms with Crippen molar-refractivity contribution in [1.82, 2.24) is 9.80 Å². The molecule has 2 aliphatic heterocycles. The molecule has 8 heterocycles. The van der Waals surface area contributed by atoms with Gasteiger partial charge in [0.05, 0.1) is 71.7 Å². The molecule has 0 fully saturated rings. The lowest BCUT2D eigenvalue weighted by Gasteiger charge is -2.34. The number of carbonyl (C=O) groups excluding carboxylic acids is 4. The number of benzene rings is 4. The normalized spacial score (nSPS) is 17.8. The molecule has 0 spiro atoms. The standard InChI is InChI=1S/C102H126N2O4S6/c1-15-27-33-65(21-7)56-71-39-47-75(48-40-71)101(76-49-41-72(42-50-76)57-66(22-8)34-28-16-2)79-55-63(13)109-88(79)93-86(101)95-96(113-93)87-94(114-95)89-80(102(87,77-51-43-73(44-52-77)58-67(23-9)35-29-17-3)78-53-45-74(46-54-78)59-68(24-10)36-30-18-4)60-81(111-89)90-84-85(100(108)104(99(84)107)62-70(26-12)38-32-20-6)92(112-90)91-83-82(64(14)110-91)97(105)103(98(83)106)61-69(25-11)37-31-19-5/h39-55,60,65-70H,15-38,56-59,61-62H2,1-14H3. The highest BCUT2D eigenvalue weighted by atomic mass is 32.1. The van der Waals surface area contributed by atoms with Crippen molar-refractivity contribution in [2.24, 2.45) is 35.5 Å². The summed E-state index contributed by atoms with van der Waals surface area (Å²) in [5, 5.41) is 0. The Labute approximate surface area is 707 Å². The van der Waals surface area contributed by atoms with E-state index >= 15 is 14.4 Å². The molecule has 0 bridgehead atoms. The van der Waals surface area contributed by atoms with Crippen LogP contribution < -0.4 is 0 Å².